The lowest BCUT2D eigenvalue weighted by Crippen LogP contribution is -2.39. The zero-order valence-corrected chi connectivity index (χ0v) is 13.8. The third kappa shape index (κ3) is 3.67. The van der Waals surface area contributed by atoms with Crippen molar-refractivity contribution in [2.45, 2.75) is 45.1 Å². The maximum absolute atomic E-state index is 12.7. The van der Waals surface area contributed by atoms with Crippen LogP contribution in [0.3, 0.4) is 0 Å². The Kier molecular flexibility index (Phi) is 5.45. The number of carbonyl (C=O) groups is 1. The first-order valence-electron chi connectivity index (χ1n) is 7.67. The molecule has 1 aliphatic carbocycles. The number of amides is 1. The Hall–Kier alpha value is -1.29. The van der Waals surface area contributed by atoms with Crippen molar-refractivity contribution in [3.63, 3.8) is 0 Å². The van der Waals surface area contributed by atoms with Crippen LogP contribution in [0.4, 0.5) is 5.82 Å². The molecule has 1 N–H and O–H groups in total. The Morgan fingerprint density at radius 2 is 2.10 bits per heavy atom. The Morgan fingerprint density at radius 1 is 1.43 bits per heavy atom. The molecule has 0 saturated heterocycles. The molecule has 116 valence electrons. The Bertz CT molecular complexity index is 498. The summed E-state index contributed by atoms with van der Waals surface area (Å²) in [5.41, 5.74) is 0.524. The summed E-state index contributed by atoms with van der Waals surface area (Å²) in [6.07, 6.45) is 7.37. The van der Waals surface area contributed by atoms with Crippen LogP contribution in [-0.4, -0.2) is 35.9 Å². The highest BCUT2D eigenvalue weighted by molar-refractivity contribution is 6.33. The van der Waals surface area contributed by atoms with Crippen LogP contribution in [0.5, 0.6) is 0 Å². The van der Waals surface area contributed by atoms with Gasteiger partial charge in [-0.15, -0.1) is 0 Å². The van der Waals surface area contributed by atoms with Crippen LogP contribution in [0.2, 0.25) is 5.02 Å². The molecule has 0 radical (unpaired) electrons. The SMILES string of the molecule is CCC1CCC(N(C)C(=O)c2cc(NC)ncc2Cl)CC1. The highest BCUT2D eigenvalue weighted by Crippen LogP contribution is 2.30. The summed E-state index contributed by atoms with van der Waals surface area (Å²) >= 11 is 6.14. The van der Waals surface area contributed by atoms with Crippen LogP contribution < -0.4 is 5.32 Å². The van der Waals surface area contributed by atoms with Gasteiger partial charge in [0.1, 0.15) is 5.82 Å². The molecule has 1 aromatic rings. The van der Waals surface area contributed by atoms with Gasteiger partial charge in [-0.2, -0.15) is 0 Å². The molecule has 0 aliphatic heterocycles. The predicted octanol–water partition coefficient (Wildman–Crippen LogP) is 3.82. The molecule has 4 nitrogen and oxygen atoms in total. The summed E-state index contributed by atoms with van der Waals surface area (Å²) in [4.78, 5) is 18.6. The fraction of sp³-hybridized carbons (Fsp3) is 0.625. The highest BCUT2D eigenvalue weighted by Gasteiger charge is 2.27. The highest BCUT2D eigenvalue weighted by atomic mass is 35.5. The van der Waals surface area contributed by atoms with Crippen molar-refractivity contribution in [2.75, 3.05) is 19.4 Å². The summed E-state index contributed by atoms with van der Waals surface area (Å²) in [6.45, 7) is 2.25. The minimum atomic E-state index is -0.0150. The van der Waals surface area contributed by atoms with Crippen molar-refractivity contribution in [3.05, 3.63) is 22.8 Å². The van der Waals surface area contributed by atoms with Crippen molar-refractivity contribution in [2.24, 2.45) is 5.92 Å². The van der Waals surface area contributed by atoms with Gasteiger partial charge in [0.15, 0.2) is 0 Å². The van der Waals surface area contributed by atoms with Gasteiger partial charge in [-0.3, -0.25) is 4.79 Å². The Morgan fingerprint density at radius 3 is 2.67 bits per heavy atom. The predicted molar refractivity (Wildman–Crippen MR) is 86.9 cm³/mol. The average molecular weight is 310 g/mol. The third-order valence-electron chi connectivity index (χ3n) is 4.60. The molecule has 1 saturated carbocycles. The molecular weight excluding hydrogens is 286 g/mol. The minimum absolute atomic E-state index is 0.0150. The van der Waals surface area contributed by atoms with Crippen LogP contribution >= 0.6 is 11.6 Å². The van der Waals surface area contributed by atoms with Gasteiger partial charge in [-0.1, -0.05) is 24.9 Å². The molecule has 1 aliphatic rings. The van der Waals surface area contributed by atoms with E-state index in [0.717, 1.165) is 18.8 Å². The number of halogens is 1. The number of nitrogens with one attached hydrogen (secondary N) is 1. The number of hydrogen-bond acceptors (Lipinski definition) is 3. The van der Waals surface area contributed by atoms with Gasteiger partial charge in [-0.05, 0) is 37.7 Å². The van der Waals surface area contributed by atoms with Crippen LogP contribution in [-0.2, 0) is 0 Å². The molecule has 0 bridgehead atoms. The molecule has 2 rings (SSSR count). The fourth-order valence-corrected chi connectivity index (χ4v) is 3.22. The van der Waals surface area contributed by atoms with Gasteiger partial charge >= 0.3 is 0 Å². The molecule has 21 heavy (non-hydrogen) atoms. The fourth-order valence-electron chi connectivity index (χ4n) is 3.04. The third-order valence-corrected chi connectivity index (χ3v) is 4.90. The number of pyridine rings is 1. The zero-order valence-electron chi connectivity index (χ0n) is 13.0. The average Bonchev–Trinajstić information content (AvgIpc) is 2.54. The first-order valence-corrected chi connectivity index (χ1v) is 8.05. The molecule has 1 aromatic heterocycles. The van der Waals surface area contributed by atoms with Gasteiger partial charge in [0.25, 0.3) is 5.91 Å². The zero-order chi connectivity index (χ0) is 15.4. The lowest BCUT2D eigenvalue weighted by molar-refractivity contribution is 0.0675. The first kappa shape index (κ1) is 16.1. The number of anilines is 1. The van der Waals surface area contributed by atoms with E-state index in [1.54, 1.807) is 13.1 Å². The number of nitrogens with zero attached hydrogens (tertiary/aromatic N) is 2. The molecule has 1 amide bonds. The molecule has 5 heteroatoms. The van der Waals surface area contributed by atoms with Crippen LogP contribution in [0.15, 0.2) is 12.3 Å². The number of carbonyl (C=O) groups excluding carboxylic acids is 1. The first-order chi connectivity index (χ1) is 10.1. The van der Waals surface area contributed by atoms with Gasteiger partial charge in [0.05, 0.1) is 10.6 Å². The summed E-state index contributed by atoms with van der Waals surface area (Å²) in [5.74, 6) is 1.47. The van der Waals surface area contributed by atoms with E-state index in [0.29, 0.717) is 22.4 Å². The van der Waals surface area contributed by atoms with E-state index in [1.165, 1.54) is 25.5 Å². The smallest absolute Gasteiger partial charge is 0.255 e. The Balaban J connectivity index is 2.09. The summed E-state index contributed by atoms with van der Waals surface area (Å²) < 4.78 is 0. The second kappa shape index (κ2) is 7.12. The number of rotatable bonds is 4. The maximum atomic E-state index is 12.7. The molecule has 1 heterocycles. The van der Waals surface area contributed by atoms with Gasteiger partial charge in [-0.25, -0.2) is 4.98 Å². The van der Waals surface area contributed by atoms with Crippen LogP contribution in [0, 0.1) is 5.92 Å². The van der Waals surface area contributed by atoms with Crippen molar-refractivity contribution in [1.29, 1.82) is 0 Å². The topological polar surface area (TPSA) is 45.2 Å². The monoisotopic (exact) mass is 309 g/mol. The molecule has 0 unspecified atom stereocenters. The van der Waals surface area contributed by atoms with E-state index in [-0.39, 0.29) is 5.91 Å². The van der Waals surface area contributed by atoms with E-state index in [9.17, 15) is 4.79 Å². The van der Waals surface area contributed by atoms with Crippen molar-refractivity contribution in [3.8, 4) is 0 Å². The maximum Gasteiger partial charge on any atom is 0.255 e. The van der Waals surface area contributed by atoms with Crippen molar-refractivity contribution in [1.82, 2.24) is 9.88 Å². The standard InChI is InChI=1S/C16H24ClN3O/c1-4-11-5-7-12(8-6-11)20(3)16(21)13-9-15(18-2)19-10-14(13)17/h9-12H,4-8H2,1-3H3,(H,18,19). The quantitative estimate of drug-likeness (QED) is 0.919. The van der Waals surface area contributed by atoms with Gasteiger partial charge < -0.3 is 10.2 Å². The van der Waals surface area contributed by atoms with Crippen LogP contribution in [0.1, 0.15) is 49.4 Å². The van der Waals surface area contributed by atoms with Crippen molar-refractivity contribution < 1.29 is 4.79 Å². The number of aromatic nitrogens is 1. The van der Waals surface area contributed by atoms with Gasteiger partial charge in [0.2, 0.25) is 0 Å². The normalized spacial score (nSPS) is 21.9. The molecule has 0 atom stereocenters. The van der Waals surface area contributed by atoms with E-state index in [2.05, 4.69) is 17.2 Å². The lowest BCUT2D eigenvalue weighted by Gasteiger charge is -2.34. The summed E-state index contributed by atoms with van der Waals surface area (Å²) in [7, 11) is 3.66. The summed E-state index contributed by atoms with van der Waals surface area (Å²) in [6, 6.07) is 2.04. The molecule has 1 fully saturated rings. The largest absolute Gasteiger partial charge is 0.373 e. The summed E-state index contributed by atoms with van der Waals surface area (Å²) in [5, 5.41) is 3.35. The number of hydrogen-bond donors (Lipinski definition) is 1. The molecule has 0 aromatic carbocycles. The lowest BCUT2D eigenvalue weighted by atomic mass is 9.84. The van der Waals surface area contributed by atoms with E-state index >= 15 is 0 Å². The van der Waals surface area contributed by atoms with Crippen LogP contribution in [0.25, 0.3) is 0 Å². The van der Waals surface area contributed by atoms with Gasteiger partial charge in [0, 0.05) is 26.3 Å². The van der Waals surface area contributed by atoms with Crippen molar-refractivity contribution >= 4 is 23.3 Å². The Labute approximate surface area is 131 Å². The molecule has 0 spiro atoms. The van der Waals surface area contributed by atoms with E-state index in [1.807, 2.05) is 11.9 Å². The second-order valence-electron chi connectivity index (χ2n) is 5.80. The second-order valence-corrected chi connectivity index (χ2v) is 6.21. The van der Waals surface area contributed by atoms with E-state index in [4.69, 9.17) is 11.6 Å². The van der Waals surface area contributed by atoms with E-state index < -0.39 is 0 Å². The molecular formula is C16H24ClN3O. The minimum Gasteiger partial charge on any atom is -0.373 e.